The third-order valence-electron chi connectivity index (χ3n) is 5.23. The maximum absolute atomic E-state index is 4.31. The number of aliphatic imine (C=N–C) groups is 1. The summed E-state index contributed by atoms with van der Waals surface area (Å²) in [6.45, 7) is 6.12. The fourth-order valence-electron chi connectivity index (χ4n) is 3.60. The van der Waals surface area contributed by atoms with Crippen molar-refractivity contribution in [2.75, 3.05) is 26.7 Å². The maximum atomic E-state index is 4.31. The number of guanidine groups is 1. The molecule has 1 aromatic carbocycles. The molecule has 152 valence electrons. The van der Waals surface area contributed by atoms with Crippen LogP contribution in [0.2, 0.25) is 0 Å². The molecule has 28 heavy (non-hydrogen) atoms. The molecule has 6 nitrogen and oxygen atoms in total. The number of hydrogen-bond acceptors (Lipinski definition) is 3. The van der Waals surface area contributed by atoms with Crippen LogP contribution in [-0.2, 0) is 19.6 Å². The number of nitrogens with zero attached hydrogens (tertiary/aromatic N) is 4. The van der Waals surface area contributed by atoms with Gasteiger partial charge in [-0.3, -0.25) is 14.6 Å². The Morgan fingerprint density at radius 3 is 2.46 bits per heavy atom. The van der Waals surface area contributed by atoms with E-state index >= 15 is 0 Å². The summed E-state index contributed by atoms with van der Waals surface area (Å²) in [5.41, 5.74) is 2.69. The number of nitrogens with one attached hydrogen (secondary N) is 2. The van der Waals surface area contributed by atoms with Crippen molar-refractivity contribution in [1.82, 2.24) is 25.3 Å². The molecule has 0 atom stereocenters. The molecule has 2 aromatic rings. The van der Waals surface area contributed by atoms with Crippen LogP contribution in [0.3, 0.4) is 0 Å². The van der Waals surface area contributed by atoms with Crippen molar-refractivity contribution in [2.45, 2.75) is 51.7 Å². The van der Waals surface area contributed by atoms with E-state index in [1.54, 1.807) is 0 Å². The zero-order chi connectivity index (χ0) is 19.4. The van der Waals surface area contributed by atoms with E-state index < -0.39 is 0 Å². The zero-order valence-electron chi connectivity index (χ0n) is 17.1. The molecular formula is C22H34N6. The van der Waals surface area contributed by atoms with Crippen LogP contribution in [0.25, 0.3) is 0 Å². The lowest BCUT2D eigenvalue weighted by molar-refractivity contribution is 0.277. The lowest BCUT2D eigenvalue weighted by Crippen LogP contribution is -2.37. The molecule has 0 amide bonds. The highest BCUT2D eigenvalue weighted by molar-refractivity contribution is 5.79. The minimum atomic E-state index is 0.781. The molecule has 1 saturated heterocycles. The molecule has 2 heterocycles. The molecule has 3 rings (SSSR count). The van der Waals surface area contributed by atoms with Crippen molar-refractivity contribution in [1.29, 1.82) is 0 Å². The Labute approximate surface area is 169 Å². The molecule has 0 bridgehead atoms. The predicted molar refractivity (Wildman–Crippen MR) is 115 cm³/mol. The second kappa shape index (κ2) is 11.5. The van der Waals surface area contributed by atoms with E-state index in [4.69, 9.17) is 0 Å². The van der Waals surface area contributed by atoms with Crippen molar-refractivity contribution >= 4 is 5.96 Å². The van der Waals surface area contributed by atoms with Gasteiger partial charge in [0.15, 0.2) is 5.96 Å². The predicted octanol–water partition coefficient (Wildman–Crippen LogP) is 3.01. The Kier molecular flexibility index (Phi) is 8.37. The molecule has 0 aliphatic carbocycles. The van der Waals surface area contributed by atoms with Crippen molar-refractivity contribution < 1.29 is 0 Å². The number of aryl methyl sites for hydroxylation is 1. The fourth-order valence-corrected chi connectivity index (χ4v) is 3.60. The van der Waals surface area contributed by atoms with Crippen molar-refractivity contribution in [2.24, 2.45) is 4.99 Å². The molecule has 1 aliphatic heterocycles. The lowest BCUT2D eigenvalue weighted by atomic mass is 10.1. The number of rotatable bonds is 8. The average Bonchev–Trinajstić information content (AvgIpc) is 3.11. The van der Waals surface area contributed by atoms with Crippen molar-refractivity contribution in [3.8, 4) is 0 Å². The van der Waals surface area contributed by atoms with E-state index in [-0.39, 0.29) is 0 Å². The number of aromatic nitrogens is 2. The lowest BCUT2D eigenvalue weighted by Gasteiger charge is -2.20. The van der Waals surface area contributed by atoms with Gasteiger partial charge in [0.1, 0.15) is 0 Å². The van der Waals surface area contributed by atoms with Gasteiger partial charge in [0.2, 0.25) is 0 Å². The summed E-state index contributed by atoms with van der Waals surface area (Å²) in [4.78, 5) is 6.90. The van der Waals surface area contributed by atoms with E-state index in [2.05, 4.69) is 49.9 Å². The van der Waals surface area contributed by atoms with Crippen LogP contribution < -0.4 is 10.6 Å². The Morgan fingerprint density at radius 2 is 1.79 bits per heavy atom. The Morgan fingerprint density at radius 1 is 1.04 bits per heavy atom. The van der Waals surface area contributed by atoms with Crippen LogP contribution >= 0.6 is 0 Å². The van der Waals surface area contributed by atoms with Gasteiger partial charge in [-0.25, -0.2) is 0 Å². The third-order valence-corrected chi connectivity index (χ3v) is 5.23. The summed E-state index contributed by atoms with van der Waals surface area (Å²) in [6, 6.07) is 10.9. The molecule has 1 aromatic heterocycles. The third kappa shape index (κ3) is 7.00. The average molecular weight is 383 g/mol. The summed E-state index contributed by atoms with van der Waals surface area (Å²) in [7, 11) is 1.81. The van der Waals surface area contributed by atoms with E-state index in [1.165, 1.54) is 49.9 Å². The molecule has 0 radical (unpaired) electrons. The number of hydrogen-bond donors (Lipinski definition) is 2. The maximum Gasteiger partial charge on any atom is 0.191 e. The van der Waals surface area contributed by atoms with Crippen LogP contribution in [0.4, 0.5) is 0 Å². The van der Waals surface area contributed by atoms with Crippen molar-refractivity contribution in [3.05, 3.63) is 53.9 Å². The van der Waals surface area contributed by atoms with Crippen LogP contribution in [0.1, 0.15) is 43.2 Å². The molecule has 0 unspecified atom stereocenters. The van der Waals surface area contributed by atoms with Gasteiger partial charge in [0.05, 0.1) is 0 Å². The molecule has 6 heteroatoms. The largest absolute Gasteiger partial charge is 0.356 e. The Balaban J connectivity index is 1.36. The Bertz CT molecular complexity index is 684. The van der Waals surface area contributed by atoms with Gasteiger partial charge < -0.3 is 10.6 Å². The monoisotopic (exact) mass is 382 g/mol. The van der Waals surface area contributed by atoms with E-state index in [1.807, 2.05) is 30.2 Å². The molecule has 2 N–H and O–H groups in total. The minimum Gasteiger partial charge on any atom is -0.356 e. The summed E-state index contributed by atoms with van der Waals surface area (Å²) in [6.07, 6.45) is 10.3. The van der Waals surface area contributed by atoms with Crippen LogP contribution in [0.5, 0.6) is 0 Å². The van der Waals surface area contributed by atoms with Crippen LogP contribution in [0.15, 0.2) is 47.7 Å². The van der Waals surface area contributed by atoms with Gasteiger partial charge in [-0.05, 0) is 49.5 Å². The first kappa shape index (κ1) is 20.4. The minimum absolute atomic E-state index is 0.781. The summed E-state index contributed by atoms with van der Waals surface area (Å²) < 4.78 is 1.95. The molecule has 0 saturated carbocycles. The normalized spacial score (nSPS) is 16.0. The highest BCUT2D eigenvalue weighted by Crippen LogP contribution is 2.13. The smallest absolute Gasteiger partial charge is 0.191 e. The van der Waals surface area contributed by atoms with Gasteiger partial charge in [-0.15, -0.1) is 0 Å². The van der Waals surface area contributed by atoms with Crippen LogP contribution in [0, 0.1) is 0 Å². The van der Waals surface area contributed by atoms with Crippen LogP contribution in [-0.4, -0.2) is 47.3 Å². The molecule has 1 fully saturated rings. The number of likely N-dealkylation sites (tertiary alicyclic amines) is 1. The highest BCUT2D eigenvalue weighted by Gasteiger charge is 2.09. The van der Waals surface area contributed by atoms with Gasteiger partial charge in [0.25, 0.3) is 0 Å². The molecule has 1 aliphatic rings. The van der Waals surface area contributed by atoms with Gasteiger partial charge >= 0.3 is 0 Å². The van der Waals surface area contributed by atoms with Gasteiger partial charge in [-0.1, -0.05) is 37.1 Å². The van der Waals surface area contributed by atoms with Gasteiger partial charge in [0, 0.05) is 45.6 Å². The van der Waals surface area contributed by atoms with Gasteiger partial charge in [-0.2, -0.15) is 5.10 Å². The highest BCUT2D eigenvalue weighted by atomic mass is 15.3. The standard InChI is InChI=1S/C22H34N6/c1-23-22(24-12-6-16-28-17-7-13-26-28)25-18-20-8-10-21(11-9-20)19-27-14-4-2-3-5-15-27/h7-11,13,17H,2-6,12,14-16,18-19H2,1H3,(H2,23,24,25). The summed E-state index contributed by atoms with van der Waals surface area (Å²) in [5, 5.41) is 11.0. The van der Waals surface area contributed by atoms with E-state index in [0.29, 0.717) is 0 Å². The quantitative estimate of drug-likeness (QED) is 0.419. The topological polar surface area (TPSA) is 57.5 Å². The first-order valence-corrected chi connectivity index (χ1v) is 10.6. The Hall–Kier alpha value is -2.34. The second-order valence-electron chi connectivity index (χ2n) is 7.48. The van der Waals surface area contributed by atoms with E-state index in [9.17, 15) is 0 Å². The second-order valence-corrected chi connectivity index (χ2v) is 7.48. The summed E-state index contributed by atoms with van der Waals surface area (Å²) in [5.74, 6) is 0.842. The zero-order valence-corrected chi connectivity index (χ0v) is 17.1. The summed E-state index contributed by atoms with van der Waals surface area (Å²) >= 11 is 0. The molecule has 0 spiro atoms. The first-order valence-electron chi connectivity index (χ1n) is 10.6. The number of benzene rings is 1. The van der Waals surface area contributed by atoms with E-state index in [0.717, 1.165) is 38.6 Å². The fraction of sp³-hybridized carbons (Fsp3) is 0.545. The first-order chi connectivity index (χ1) is 13.8. The van der Waals surface area contributed by atoms with Crippen molar-refractivity contribution in [3.63, 3.8) is 0 Å². The molecular weight excluding hydrogens is 348 g/mol. The SMILES string of the molecule is CN=C(NCCCn1cccn1)NCc1ccc(CN2CCCCCC2)cc1.